The van der Waals surface area contributed by atoms with Gasteiger partial charge in [-0.05, 0) is 48.7 Å². The Labute approximate surface area is 167 Å². The highest BCUT2D eigenvalue weighted by Crippen LogP contribution is 2.27. The second kappa shape index (κ2) is 7.46. The molecule has 8 nitrogen and oxygen atoms in total. The highest BCUT2D eigenvalue weighted by Gasteiger charge is 2.28. The first-order valence-electron chi connectivity index (χ1n) is 9.77. The number of aromatic amines is 1. The van der Waals surface area contributed by atoms with Crippen molar-refractivity contribution in [3.63, 3.8) is 0 Å². The molecule has 1 fully saturated rings. The van der Waals surface area contributed by atoms with E-state index in [4.69, 9.17) is 0 Å². The number of carbonyl (C=O) groups excluding carboxylic acids is 1. The van der Waals surface area contributed by atoms with Crippen LogP contribution in [0.15, 0.2) is 55.1 Å². The molecule has 0 aliphatic carbocycles. The van der Waals surface area contributed by atoms with Gasteiger partial charge in [-0.2, -0.15) is 15.4 Å². The molecule has 146 valence electrons. The smallest absolute Gasteiger partial charge is 0.253 e. The molecule has 3 aromatic heterocycles. The first-order valence-corrected chi connectivity index (χ1v) is 9.77. The van der Waals surface area contributed by atoms with Crippen LogP contribution in [0.2, 0.25) is 0 Å². The molecule has 0 radical (unpaired) electrons. The number of aromatic nitrogens is 6. The van der Waals surface area contributed by atoms with Crippen LogP contribution in [0.4, 0.5) is 0 Å². The van der Waals surface area contributed by atoms with Crippen molar-refractivity contribution < 1.29 is 4.79 Å². The van der Waals surface area contributed by atoms with E-state index in [9.17, 15) is 4.79 Å². The second-order valence-electron chi connectivity index (χ2n) is 7.39. The maximum atomic E-state index is 13.1. The largest absolute Gasteiger partial charge is 0.338 e. The van der Waals surface area contributed by atoms with Crippen LogP contribution in [0.25, 0.3) is 11.0 Å². The third kappa shape index (κ3) is 3.49. The van der Waals surface area contributed by atoms with E-state index in [0.717, 1.165) is 37.3 Å². The lowest BCUT2D eigenvalue weighted by Gasteiger charge is -2.32. The SMILES string of the molecule is O=C(c1ccc2n[nH]nc2c1)N1CCC[C@@H](c2nccn2Cc2ccncc2)C1. The van der Waals surface area contributed by atoms with Crippen molar-refractivity contribution in [3.8, 4) is 0 Å². The van der Waals surface area contributed by atoms with Gasteiger partial charge in [0.25, 0.3) is 5.91 Å². The van der Waals surface area contributed by atoms with E-state index in [1.54, 1.807) is 18.5 Å². The van der Waals surface area contributed by atoms with Crippen LogP contribution in [0.5, 0.6) is 0 Å². The van der Waals surface area contributed by atoms with Crippen LogP contribution < -0.4 is 0 Å². The highest BCUT2D eigenvalue weighted by molar-refractivity contribution is 5.97. The number of nitrogens with one attached hydrogen (secondary N) is 1. The summed E-state index contributed by atoms with van der Waals surface area (Å²) in [4.78, 5) is 23.7. The lowest BCUT2D eigenvalue weighted by atomic mass is 9.96. The molecule has 1 aliphatic heterocycles. The first kappa shape index (κ1) is 17.5. The molecule has 0 bridgehead atoms. The number of hydrogen-bond acceptors (Lipinski definition) is 5. The fourth-order valence-electron chi connectivity index (χ4n) is 4.03. The Kier molecular flexibility index (Phi) is 4.51. The summed E-state index contributed by atoms with van der Waals surface area (Å²) in [6.07, 6.45) is 9.45. The quantitative estimate of drug-likeness (QED) is 0.581. The second-order valence-corrected chi connectivity index (χ2v) is 7.39. The zero-order valence-corrected chi connectivity index (χ0v) is 15.9. The van der Waals surface area contributed by atoms with Crippen LogP contribution in [-0.2, 0) is 6.54 Å². The lowest BCUT2D eigenvalue weighted by molar-refractivity contribution is 0.0703. The third-order valence-electron chi connectivity index (χ3n) is 5.49. The summed E-state index contributed by atoms with van der Waals surface area (Å²) in [6, 6.07) is 9.48. The molecule has 1 aliphatic rings. The number of hydrogen-bond donors (Lipinski definition) is 1. The Morgan fingerprint density at radius 3 is 2.86 bits per heavy atom. The van der Waals surface area contributed by atoms with E-state index in [0.29, 0.717) is 17.6 Å². The summed E-state index contributed by atoms with van der Waals surface area (Å²) in [5.74, 6) is 1.29. The molecule has 4 aromatic rings. The monoisotopic (exact) mass is 387 g/mol. The number of piperidine rings is 1. The summed E-state index contributed by atoms with van der Waals surface area (Å²) < 4.78 is 2.18. The van der Waals surface area contributed by atoms with E-state index < -0.39 is 0 Å². The Morgan fingerprint density at radius 2 is 1.97 bits per heavy atom. The zero-order chi connectivity index (χ0) is 19.6. The normalized spacial score (nSPS) is 17.0. The minimum atomic E-state index is 0.0341. The minimum Gasteiger partial charge on any atom is -0.338 e. The molecule has 29 heavy (non-hydrogen) atoms. The summed E-state index contributed by atoms with van der Waals surface area (Å²) in [5, 5.41) is 10.7. The molecule has 0 unspecified atom stereocenters. The van der Waals surface area contributed by atoms with Crippen molar-refractivity contribution in [3.05, 3.63) is 72.1 Å². The summed E-state index contributed by atoms with van der Waals surface area (Å²) in [7, 11) is 0. The van der Waals surface area contributed by atoms with Crippen molar-refractivity contribution in [2.24, 2.45) is 0 Å². The zero-order valence-electron chi connectivity index (χ0n) is 15.9. The van der Waals surface area contributed by atoms with Gasteiger partial charge in [0.2, 0.25) is 0 Å². The molecule has 1 N–H and O–H groups in total. The first-order chi connectivity index (χ1) is 14.3. The van der Waals surface area contributed by atoms with Gasteiger partial charge in [0.05, 0.1) is 0 Å². The lowest BCUT2D eigenvalue weighted by Crippen LogP contribution is -2.39. The Bertz CT molecular complexity index is 1130. The molecule has 1 aromatic carbocycles. The van der Waals surface area contributed by atoms with Gasteiger partial charge in [-0.25, -0.2) is 4.98 Å². The van der Waals surface area contributed by atoms with Crippen LogP contribution in [0.1, 0.15) is 40.5 Å². The molecule has 4 heterocycles. The highest BCUT2D eigenvalue weighted by atomic mass is 16.2. The van der Waals surface area contributed by atoms with Gasteiger partial charge in [0.1, 0.15) is 16.9 Å². The maximum absolute atomic E-state index is 13.1. The fraction of sp³-hybridized carbons (Fsp3) is 0.286. The number of likely N-dealkylation sites (tertiary alicyclic amines) is 1. The van der Waals surface area contributed by atoms with Crippen molar-refractivity contribution in [1.82, 2.24) is 34.8 Å². The molecular weight excluding hydrogens is 366 g/mol. The summed E-state index contributed by atoms with van der Waals surface area (Å²) in [5.41, 5.74) is 3.30. The van der Waals surface area contributed by atoms with Gasteiger partial charge in [-0.1, -0.05) is 0 Å². The van der Waals surface area contributed by atoms with Gasteiger partial charge < -0.3 is 9.47 Å². The van der Waals surface area contributed by atoms with Crippen LogP contribution in [0, 0.1) is 0 Å². The number of amides is 1. The molecule has 1 saturated heterocycles. The maximum Gasteiger partial charge on any atom is 0.253 e. The molecule has 0 saturated carbocycles. The van der Waals surface area contributed by atoms with Crippen LogP contribution >= 0.6 is 0 Å². The molecule has 5 rings (SSSR count). The Balaban J connectivity index is 1.34. The van der Waals surface area contributed by atoms with Gasteiger partial charge >= 0.3 is 0 Å². The number of rotatable bonds is 4. The number of nitrogens with zero attached hydrogens (tertiary/aromatic N) is 6. The van der Waals surface area contributed by atoms with Crippen molar-refractivity contribution in [1.29, 1.82) is 0 Å². The number of H-pyrrole nitrogens is 1. The van der Waals surface area contributed by atoms with Gasteiger partial charge in [-0.15, -0.1) is 0 Å². The molecular formula is C21H21N7O. The molecule has 1 amide bonds. The minimum absolute atomic E-state index is 0.0341. The third-order valence-corrected chi connectivity index (χ3v) is 5.49. The number of pyridine rings is 1. The van der Waals surface area contributed by atoms with E-state index in [-0.39, 0.29) is 11.8 Å². The Morgan fingerprint density at radius 1 is 1.10 bits per heavy atom. The number of benzene rings is 1. The average molecular weight is 387 g/mol. The van der Waals surface area contributed by atoms with Crippen molar-refractivity contribution in [2.75, 3.05) is 13.1 Å². The molecule has 1 atom stereocenters. The average Bonchev–Trinajstić information content (AvgIpc) is 3.43. The van der Waals surface area contributed by atoms with Gasteiger partial charge in [0, 0.05) is 55.9 Å². The predicted molar refractivity (Wildman–Crippen MR) is 107 cm³/mol. The molecule has 0 spiro atoms. The number of fused-ring (bicyclic) bond motifs is 1. The molecule has 8 heteroatoms. The van der Waals surface area contributed by atoms with E-state index >= 15 is 0 Å². The summed E-state index contributed by atoms with van der Waals surface area (Å²) in [6.45, 7) is 2.19. The van der Waals surface area contributed by atoms with Gasteiger partial charge in [0.15, 0.2) is 0 Å². The van der Waals surface area contributed by atoms with Gasteiger partial charge in [-0.3, -0.25) is 9.78 Å². The summed E-state index contributed by atoms with van der Waals surface area (Å²) >= 11 is 0. The number of carbonyl (C=O) groups is 1. The standard InChI is InChI=1S/C21H21N7O/c29-21(16-3-4-18-19(12-16)25-26-24-18)28-10-1-2-17(14-28)20-23-9-11-27(20)13-15-5-7-22-8-6-15/h3-9,11-12,17H,1-2,10,13-14H2,(H,24,25,26)/t17-/m1/s1. The van der Waals surface area contributed by atoms with Crippen molar-refractivity contribution >= 4 is 16.9 Å². The predicted octanol–water partition coefficient (Wildman–Crippen LogP) is 2.62. The van der Waals surface area contributed by atoms with Crippen LogP contribution in [-0.4, -0.2) is 53.8 Å². The Hall–Kier alpha value is -3.55. The fourth-order valence-corrected chi connectivity index (χ4v) is 4.03. The van der Waals surface area contributed by atoms with E-state index in [1.807, 2.05) is 41.6 Å². The number of imidazole rings is 1. The van der Waals surface area contributed by atoms with E-state index in [1.165, 1.54) is 5.56 Å². The van der Waals surface area contributed by atoms with Crippen molar-refractivity contribution in [2.45, 2.75) is 25.3 Å². The van der Waals surface area contributed by atoms with E-state index in [2.05, 4.69) is 29.9 Å². The topological polar surface area (TPSA) is 92.6 Å². The van der Waals surface area contributed by atoms with Crippen LogP contribution in [0.3, 0.4) is 0 Å².